The second-order valence-electron chi connectivity index (χ2n) is 7.07. The molecule has 132 valence electrons. The molecule has 23 heavy (non-hydrogen) atoms. The van der Waals surface area contributed by atoms with Crippen LogP contribution < -0.4 is 0 Å². The molecule has 0 aromatic carbocycles. The van der Waals surface area contributed by atoms with Gasteiger partial charge in [0.1, 0.15) is 0 Å². The average molecular weight is 344 g/mol. The Morgan fingerprint density at radius 2 is 1.87 bits per heavy atom. The van der Waals surface area contributed by atoms with E-state index in [9.17, 15) is 8.42 Å². The number of nitrogens with zero attached hydrogens (tertiary/aromatic N) is 4. The van der Waals surface area contributed by atoms with Crippen LogP contribution in [0.3, 0.4) is 0 Å². The Bertz CT molecular complexity index is 600. The quantitative estimate of drug-likeness (QED) is 0.791. The second kappa shape index (κ2) is 7.27. The number of rotatable bonds is 6. The van der Waals surface area contributed by atoms with Gasteiger partial charge in [0.25, 0.3) is 10.2 Å². The van der Waals surface area contributed by atoms with Gasteiger partial charge in [-0.05, 0) is 19.3 Å². The average Bonchev–Trinajstić information content (AvgIpc) is 2.96. The van der Waals surface area contributed by atoms with Crippen LogP contribution in [0, 0.1) is 0 Å². The topological polar surface area (TPSA) is 79.5 Å². The van der Waals surface area contributed by atoms with Crippen molar-refractivity contribution < 1.29 is 12.9 Å². The Kier molecular flexibility index (Phi) is 5.80. The molecule has 0 amide bonds. The molecular weight excluding hydrogens is 316 g/mol. The van der Waals surface area contributed by atoms with Gasteiger partial charge < -0.3 is 4.52 Å². The van der Waals surface area contributed by atoms with Gasteiger partial charge in [0.2, 0.25) is 5.89 Å². The van der Waals surface area contributed by atoms with Crippen molar-refractivity contribution in [2.45, 2.75) is 65.3 Å². The highest BCUT2D eigenvalue weighted by Crippen LogP contribution is 2.22. The van der Waals surface area contributed by atoms with E-state index < -0.39 is 10.2 Å². The summed E-state index contributed by atoms with van der Waals surface area (Å²) in [6.07, 6.45) is 3.70. The molecule has 0 atom stereocenters. The highest BCUT2D eigenvalue weighted by Gasteiger charge is 2.32. The lowest BCUT2D eigenvalue weighted by atomic mass is 9.97. The first-order valence-electron chi connectivity index (χ1n) is 8.33. The SMILES string of the molecule is CCCN(Cc1noc(C(C)(C)C)n1)S(=O)(=O)N1CCCCC1. The summed E-state index contributed by atoms with van der Waals surface area (Å²) in [6, 6.07) is 0. The summed E-state index contributed by atoms with van der Waals surface area (Å²) in [5, 5.41) is 3.95. The number of hydrogen-bond donors (Lipinski definition) is 0. The predicted molar refractivity (Wildman–Crippen MR) is 88.0 cm³/mol. The van der Waals surface area contributed by atoms with Gasteiger partial charge in [-0.2, -0.15) is 22.0 Å². The smallest absolute Gasteiger partial charge is 0.282 e. The summed E-state index contributed by atoms with van der Waals surface area (Å²) < 4.78 is 34.0. The molecule has 0 saturated carbocycles. The van der Waals surface area contributed by atoms with Crippen LogP contribution in [0.2, 0.25) is 0 Å². The molecule has 0 unspecified atom stereocenters. The van der Waals surface area contributed by atoms with Crippen LogP contribution in [0.5, 0.6) is 0 Å². The zero-order valence-corrected chi connectivity index (χ0v) is 15.4. The van der Waals surface area contributed by atoms with Crippen LogP contribution in [-0.2, 0) is 22.2 Å². The Balaban J connectivity index is 2.16. The van der Waals surface area contributed by atoms with E-state index in [0.717, 1.165) is 25.7 Å². The molecule has 0 aliphatic carbocycles. The molecule has 0 bridgehead atoms. The largest absolute Gasteiger partial charge is 0.339 e. The molecule has 1 aliphatic rings. The van der Waals surface area contributed by atoms with Crippen molar-refractivity contribution in [2.24, 2.45) is 0 Å². The third-order valence-electron chi connectivity index (χ3n) is 3.87. The molecule has 1 saturated heterocycles. The van der Waals surface area contributed by atoms with Crippen molar-refractivity contribution in [2.75, 3.05) is 19.6 Å². The van der Waals surface area contributed by atoms with Crippen molar-refractivity contribution in [3.63, 3.8) is 0 Å². The lowest BCUT2D eigenvalue weighted by Gasteiger charge is -2.31. The van der Waals surface area contributed by atoms with Crippen molar-refractivity contribution >= 4 is 10.2 Å². The van der Waals surface area contributed by atoms with E-state index in [0.29, 0.717) is 31.3 Å². The third-order valence-corrected chi connectivity index (χ3v) is 5.85. The molecule has 1 fully saturated rings. The first kappa shape index (κ1) is 18.4. The van der Waals surface area contributed by atoms with Crippen molar-refractivity contribution in [1.29, 1.82) is 0 Å². The Hall–Kier alpha value is -0.990. The predicted octanol–water partition coefficient (Wildman–Crippen LogP) is 2.31. The number of hydrogen-bond acceptors (Lipinski definition) is 5. The summed E-state index contributed by atoms with van der Waals surface area (Å²) in [5.74, 6) is 0.947. The first-order valence-corrected chi connectivity index (χ1v) is 9.73. The summed E-state index contributed by atoms with van der Waals surface area (Å²) >= 11 is 0. The summed E-state index contributed by atoms with van der Waals surface area (Å²) in [4.78, 5) is 4.36. The molecule has 8 heteroatoms. The van der Waals surface area contributed by atoms with Crippen molar-refractivity contribution in [3.8, 4) is 0 Å². The Morgan fingerprint density at radius 3 is 2.39 bits per heavy atom. The zero-order valence-electron chi connectivity index (χ0n) is 14.6. The van der Waals surface area contributed by atoms with Gasteiger partial charge >= 0.3 is 0 Å². The van der Waals surface area contributed by atoms with Crippen LogP contribution in [0.1, 0.15) is 65.1 Å². The lowest BCUT2D eigenvalue weighted by molar-refractivity contribution is 0.291. The van der Waals surface area contributed by atoms with E-state index in [-0.39, 0.29) is 12.0 Å². The molecule has 1 aliphatic heterocycles. The maximum absolute atomic E-state index is 12.8. The Labute approximate surface area is 139 Å². The minimum Gasteiger partial charge on any atom is -0.339 e. The lowest BCUT2D eigenvalue weighted by Crippen LogP contribution is -2.46. The third kappa shape index (κ3) is 4.51. The van der Waals surface area contributed by atoms with Gasteiger partial charge in [0.05, 0.1) is 6.54 Å². The van der Waals surface area contributed by atoms with Gasteiger partial charge in [0.15, 0.2) is 5.82 Å². The van der Waals surface area contributed by atoms with E-state index in [1.807, 2.05) is 27.7 Å². The molecule has 0 radical (unpaired) electrons. The van der Waals surface area contributed by atoms with Crippen LogP contribution in [-0.4, -0.2) is 46.8 Å². The van der Waals surface area contributed by atoms with Crippen LogP contribution >= 0.6 is 0 Å². The molecule has 1 aromatic rings. The maximum atomic E-state index is 12.8. The molecular formula is C15H28N4O3S. The fourth-order valence-corrected chi connectivity index (χ4v) is 4.30. The zero-order chi connectivity index (χ0) is 17.1. The van der Waals surface area contributed by atoms with Crippen molar-refractivity contribution in [3.05, 3.63) is 11.7 Å². The van der Waals surface area contributed by atoms with E-state index in [1.165, 1.54) is 4.31 Å². The molecule has 0 spiro atoms. The van der Waals surface area contributed by atoms with E-state index in [4.69, 9.17) is 4.52 Å². The second-order valence-corrected chi connectivity index (χ2v) is 9.00. The van der Waals surface area contributed by atoms with Crippen molar-refractivity contribution in [1.82, 2.24) is 18.8 Å². The van der Waals surface area contributed by atoms with Gasteiger partial charge in [-0.25, -0.2) is 0 Å². The van der Waals surface area contributed by atoms with Crippen LogP contribution in [0.15, 0.2) is 4.52 Å². The molecule has 2 heterocycles. The fraction of sp³-hybridized carbons (Fsp3) is 0.867. The van der Waals surface area contributed by atoms with E-state index in [2.05, 4.69) is 10.1 Å². The van der Waals surface area contributed by atoms with Gasteiger partial charge in [-0.3, -0.25) is 0 Å². The summed E-state index contributed by atoms with van der Waals surface area (Å²) in [7, 11) is -3.47. The normalized spacial score (nSPS) is 17.8. The molecule has 7 nitrogen and oxygen atoms in total. The minimum atomic E-state index is -3.47. The van der Waals surface area contributed by atoms with Crippen LogP contribution in [0.4, 0.5) is 0 Å². The maximum Gasteiger partial charge on any atom is 0.282 e. The number of aromatic nitrogens is 2. The summed E-state index contributed by atoms with van der Waals surface area (Å²) in [6.45, 7) is 9.74. The van der Waals surface area contributed by atoms with Gasteiger partial charge in [-0.1, -0.05) is 39.3 Å². The van der Waals surface area contributed by atoms with Gasteiger partial charge in [0, 0.05) is 25.0 Å². The minimum absolute atomic E-state index is 0.159. The van der Waals surface area contributed by atoms with Crippen LogP contribution in [0.25, 0.3) is 0 Å². The van der Waals surface area contributed by atoms with Gasteiger partial charge in [-0.15, -0.1) is 0 Å². The highest BCUT2D eigenvalue weighted by molar-refractivity contribution is 7.86. The molecule has 2 rings (SSSR count). The Morgan fingerprint density at radius 1 is 1.22 bits per heavy atom. The first-order chi connectivity index (χ1) is 10.7. The van der Waals surface area contributed by atoms with E-state index >= 15 is 0 Å². The summed E-state index contributed by atoms with van der Waals surface area (Å²) in [5.41, 5.74) is -0.243. The molecule has 1 aromatic heterocycles. The van der Waals surface area contributed by atoms with E-state index in [1.54, 1.807) is 4.31 Å². The molecule has 0 N–H and O–H groups in total. The monoisotopic (exact) mass is 344 g/mol. The highest BCUT2D eigenvalue weighted by atomic mass is 32.2. The number of piperidine rings is 1. The standard InChI is InChI=1S/C15H28N4O3S/c1-5-9-19(23(20,21)18-10-7-6-8-11-18)12-13-16-14(22-17-13)15(2,3)4/h5-12H2,1-4H3. The fourth-order valence-electron chi connectivity index (χ4n) is 2.56.